The molecule has 1 rings (SSSR count). The summed E-state index contributed by atoms with van der Waals surface area (Å²) in [6, 6.07) is 6.66. The molecule has 0 saturated carbocycles. The summed E-state index contributed by atoms with van der Waals surface area (Å²) < 4.78 is 0. The van der Waals surface area contributed by atoms with Gasteiger partial charge in [0, 0.05) is 11.2 Å². The Balaban J connectivity index is 2.79. The largest absolute Gasteiger partial charge is 0.481 e. The molecule has 0 aromatic heterocycles. The molecule has 1 amide bonds. The summed E-state index contributed by atoms with van der Waals surface area (Å²) in [5.74, 6) is -1.33. The van der Waals surface area contributed by atoms with Crippen LogP contribution in [0.5, 0.6) is 0 Å². The normalized spacial score (nSPS) is 10.9. The number of benzene rings is 1. The number of carbonyl (C=O) groups excluding carboxylic acids is 1. The second kappa shape index (κ2) is 4.86. The average molecular weight is 236 g/mol. The highest BCUT2D eigenvalue weighted by Gasteiger charge is 2.24. The zero-order chi connectivity index (χ0) is 13.1. The zero-order valence-corrected chi connectivity index (χ0v) is 9.86. The molecule has 0 spiro atoms. The van der Waals surface area contributed by atoms with Crippen molar-refractivity contribution in [3.8, 4) is 0 Å². The number of para-hydroxylation sites is 1. The molecule has 0 aliphatic heterocycles. The fourth-order valence-corrected chi connectivity index (χ4v) is 1.50. The van der Waals surface area contributed by atoms with Crippen LogP contribution < -0.4 is 11.1 Å². The molecule has 5 nitrogen and oxygen atoms in total. The predicted octanol–water partition coefficient (Wildman–Crippen LogP) is 1.25. The van der Waals surface area contributed by atoms with Crippen LogP contribution in [0.15, 0.2) is 24.3 Å². The lowest BCUT2D eigenvalue weighted by molar-refractivity contribution is -0.138. The van der Waals surface area contributed by atoms with E-state index >= 15 is 0 Å². The maximum Gasteiger partial charge on any atom is 0.305 e. The van der Waals surface area contributed by atoms with Gasteiger partial charge >= 0.3 is 5.97 Å². The average Bonchev–Trinajstić information content (AvgIpc) is 2.14. The van der Waals surface area contributed by atoms with Gasteiger partial charge in [0.25, 0.3) is 5.91 Å². The van der Waals surface area contributed by atoms with Gasteiger partial charge in [0.05, 0.1) is 12.0 Å². The third-order valence-corrected chi connectivity index (χ3v) is 2.25. The molecule has 0 radical (unpaired) electrons. The molecule has 92 valence electrons. The standard InChI is InChI=1S/C12H16N2O3/c1-12(2,7-10(15)16)14-11(17)8-5-3-4-6-9(8)13/h3-6H,7,13H2,1-2H3,(H,14,17)(H,15,16). The molecule has 0 bridgehead atoms. The zero-order valence-electron chi connectivity index (χ0n) is 9.86. The first kappa shape index (κ1) is 13.0. The first-order chi connectivity index (χ1) is 7.82. The van der Waals surface area contributed by atoms with Crippen molar-refractivity contribution in [1.82, 2.24) is 5.32 Å². The fraction of sp³-hybridized carbons (Fsp3) is 0.333. The number of carboxylic acids is 1. The maximum atomic E-state index is 11.9. The van der Waals surface area contributed by atoms with Gasteiger partial charge in [-0.15, -0.1) is 0 Å². The minimum absolute atomic E-state index is 0.147. The molecule has 1 aromatic carbocycles. The molecule has 1 aromatic rings. The van der Waals surface area contributed by atoms with Crippen LogP contribution in [0.3, 0.4) is 0 Å². The van der Waals surface area contributed by atoms with Gasteiger partial charge in [-0.05, 0) is 26.0 Å². The maximum absolute atomic E-state index is 11.9. The Bertz CT molecular complexity index is 441. The number of nitrogen functional groups attached to an aromatic ring is 1. The Hall–Kier alpha value is -2.04. The molecular weight excluding hydrogens is 220 g/mol. The summed E-state index contributed by atoms with van der Waals surface area (Å²) in [5, 5.41) is 11.4. The predicted molar refractivity (Wildman–Crippen MR) is 64.7 cm³/mol. The van der Waals surface area contributed by atoms with Gasteiger partial charge in [-0.25, -0.2) is 0 Å². The van der Waals surface area contributed by atoms with E-state index in [9.17, 15) is 9.59 Å². The molecule has 0 atom stereocenters. The van der Waals surface area contributed by atoms with Gasteiger partial charge in [-0.2, -0.15) is 0 Å². The van der Waals surface area contributed by atoms with Crippen LogP contribution in [0, 0.1) is 0 Å². The van der Waals surface area contributed by atoms with E-state index in [2.05, 4.69) is 5.32 Å². The summed E-state index contributed by atoms with van der Waals surface area (Å²) in [4.78, 5) is 22.5. The number of nitrogens with two attached hydrogens (primary N) is 1. The Morgan fingerprint density at radius 1 is 1.35 bits per heavy atom. The summed E-state index contributed by atoms with van der Waals surface area (Å²) in [7, 11) is 0. The monoisotopic (exact) mass is 236 g/mol. The topological polar surface area (TPSA) is 92.4 Å². The van der Waals surface area contributed by atoms with Crippen LogP contribution >= 0.6 is 0 Å². The van der Waals surface area contributed by atoms with Crippen LogP contribution in [0.2, 0.25) is 0 Å². The van der Waals surface area contributed by atoms with E-state index in [1.54, 1.807) is 38.1 Å². The highest BCUT2D eigenvalue weighted by molar-refractivity contribution is 5.99. The molecule has 0 unspecified atom stereocenters. The number of hydrogen-bond acceptors (Lipinski definition) is 3. The summed E-state index contributed by atoms with van der Waals surface area (Å²) in [6.07, 6.45) is -0.147. The van der Waals surface area contributed by atoms with Gasteiger partial charge in [-0.3, -0.25) is 9.59 Å². The Morgan fingerprint density at radius 3 is 2.47 bits per heavy atom. The van der Waals surface area contributed by atoms with E-state index in [-0.39, 0.29) is 12.3 Å². The van der Waals surface area contributed by atoms with E-state index in [1.807, 2.05) is 0 Å². The van der Waals surface area contributed by atoms with Crippen LogP contribution in [-0.2, 0) is 4.79 Å². The van der Waals surface area contributed by atoms with Crippen molar-refractivity contribution in [2.45, 2.75) is 25.8 Å². The Labute approximate surface area is 99.6 Å². The molecule has 0 aliphatic carbocycles. The number of hydrogen-bond donors (Lipinski definition) is 3. The van der Waals surface area contributed by atoms with E-state index in [4.69, 9.17) is 10.8 Å². The molecule has 0 aliphatic rings. The van der Waals surface area contributed by atoms with Gasteiger partial charge in [0.1, 0.15) is 0 Å². The van der Waals surface area contributed by atoms with Crippen LogP contribution in [0.1, 0.15) is 30.6 Å². The minimum atomic E-state index is -0.962. The molecule has 17 heavy (non-hydrogen) atoms. The molecule has 5 heteroatoms. The second-order valence-corrected chi connectivity index (χ2v) is 4.50. The van der Waals surface area contributed by atoms with Crippen molar-refractivity contribution >= 4 is 17.6 Å². The SMILES string of the molecule is CC(C)(CC(=O)O)NC(=O)c1ccccc1N. The highest BCUT2D eigenvalue weighted by atomic mass is 16.4. The van der Waals surface area contributed by atoms with E-state index < -0.39 is 11.5 Å². The number of carboxylic acid groups (broad SMARTS) is 1. The second-order valence-electron chi connectivity index (χ2n) is 4.50. The highest BCUT2D eigenvalue weighted by Crippen LogP contribution is 2.14. The van der Waals surface area contributed by atoms with Crippen molar-refractivity contribution < 1.29 is 14.7 Å². The van der Waals surface area contributed by atoms with Gasteiger partial charge in [0.2, 0.25) is 0 Å². The Kier molecular flexibility index (Phi) is 3.73. The van der Waals surface area contributed by atoms with Crippen LogP contribution in [-0.4, -0.2) is 22.5 Å². The van der Waals surface area contributed by atoms with Crippen LogP contribution in [0.25, 0.3) is 0 Å². The van der Waals surface area contributed by atoms with Gasteiger partial charge < -0.3 is 16.2 Å². The first-order valence-corrected chi connectivity index (χ1v) is 5.20. The molecule has 0 heterocycles. The van der Waals surface area contributed by atoms with E-state index in [0.29, 0.717) is 11.3 Å². The van der Waals surface area contributed by atoms with Crippen LogP contribution in [0.4, 0.5) is 5.69 Å². The van der Waals surface area contributed by atoms with E-state index in [1.165, 1.54) is 0 Å². The van der Waals surface area contributed by atoms with Crippen molar-refractivity contribution in [1.29, 1.82) is 0 Å². The smallest absolute Gasteiger partial charge is 0.305 e. The minimum Gasteiger partial charge on any atom is -0.481 e. The quantitative estimate of drug-likeness (QED) is 0.686. The molecular formula is C12H16N2O3. The van der Waals surface area contributed by atoms with Crippen molar-refractivity contribution in [2.24, 2.45) is 0 Å². The van der Waals surface area contributed by atoms with E-state index in [0.717, 1.165) is 0 Å². The molecule has 4 N–H and O–H groups in total. The number of rotatable bonds is 4. The first-order valence-electron chi connectivity index (χ1n) is 5.20. The van der Waals surface area contributed by atoms with Crippen molar-refractivity contribution in [2.75, 3.05) is 5.73 Å². The lowest BCUT2D eigenvalue weighted by Crippen LogP contribution is -2.45. The molecule has 0 saturated heterocycles. The van der Waals surface area contributed by atoms with Gasteiger partial charge in [0.15, 0.2) is 0 Å². The number of nitrogens with one attached hydrogen (secondary N) is 1. The number of aliphatic carboxylic acids is 1. The lowest BCUT2D eigenvalue weighted by Gasteiger charge is -2.24. The van der Waals surface area contributed by atoms with Crippen molar-refractivity contribution in [3.05, 3.63) is 29.8 Å². The number of anilines is 1. The van der Waals surface area contributed by atoms with Gasteiger partial charge in [-0.1, -0.05) is 12.1 Å². The fourth-order valence-electron chi connectivity index (χ4n) is 1.50. The third-order valence-electron chi connectivity index (χ3n) is 2.25. The third kappa shape index (κ3) is 3.79. The summed E-state index contributed by atoms with van der Waals surface area (Å²) >= 11 is 0. The Morgan fingerprint density at radius 2 is 1.94 bits per heavy atom. The lowest BCUT2D eigenvalue weighted by atomic mass is 10.00. The van der Waals surface area contributed by atoms with Crippen molar-refractivity contribution in [3.63, 3.8) is 0 Å². The number of carbonyl (C=O) groups is 2. The summed E-state index contributed by atoms with van der Waals surface area (Å²) in [6.45, 7) is 3.30. The summed E-state index contributed by atoms with van der Waals surface area (Å²) in [5.41, 5.74) is 5.57. The number of amides is 1. The molecule has 0 fully saturated rings.